The quantitative estimate of drug-likeness (QED) is 0.644. The first-order valence-electron chi connectivity index (χ1n) is 10.2. The van der Waals surface area contributed by atoms with Crippen molar-refractivity contribution in [2.45, 2.75) is 27.8 Å². The highest BCUT2D eigenvalue weighted by atomic mass is 32.2. The Kier molecular flexibility index (Phi) is 6.61. The Labute approximate surface area is 200 Å². The molecule has 14 heteroatoms. The summed E-state index contributed by atoms with van der Waals surface area (Å²) < 4.78 is 95.4. The average molecular weight is 535 g/mol. The number of fused-ring (bicyclic) bond motifs is 1. The van der Waals surface area contributed by atoms with Gasteiger partial charge in [0.2, 0.25) is 10.0 Å². The van der Waals surface area contributed by atoms with E-state index in [-0.39, 0.29) is 21.5 Å². The minimum Gasteiger partial charge on any atom is -0.368 e. The fourth-order valence-electron chi connectivity index (χ4n) is 3.64. The van der Waals surface area contributed by atoms with E-state index in [2.05, 4.69) is 9.12 Å². The number of nitrogens with zero attached hydrogens (tertiary/aromatic N) is 3. The Bertz CT molecular complexity index is 1340. The van der Waals surface area contributed by atoms with Crippen molar-refractivity contribution in [2.24, 2.45) is 4.40 Å². The van der Waals surface area contributed by atoms with Crippen LogP contribution in [0.5, 0.6) is 0 Å². The molecule has 0 spiro atoms. The van der Waals surface area contributed by atoms with E-state index in [0.717, 1.165) is 30.0 Å². The van der Waals surface area contributed by atoms with Gasteiger partial charge < -0.3 is 9.80 Å². The zero-order valence-corrected chi connectivity index (χ0v) is 20.4. The standard InChI is InChI=1S/C20H21F3N4O4S3/c1-2-24-33(28,29)16-6-7-17-18(13-16)34(30,31)25-19(32-17)27-10-8-26(9-11-27)15-5-3-4-14(12-15)20(21,22)23/h3-7,12-13,24H,2,8-11H2,1H3. The van der Waals surface area contributed by atoms with Crippen LogP contribution in [0.25, 0.3) is 0 Å². The van der Waals surface area contributed by atoms with E-state index >= 15 is 0 Å². The molecule has 1 N–H and O–H groups in total. The van der Waals surface area contributed by atoms with Crippen molar-refractivity contribution >= 4 is 42.7 Å². The lowest BCUT2D eigenvalue weighted by Gasteiger charge is -2.38. The van der Waals surface area contributed by atoms with E-state index in [1.807, 2.05) is 0 Å². The molecule has 34 heavy (non-hydrogen) atoms. The van der Waals surface area contributed by atoms with Crippen LogP contribution in [0.2, 0.25) is 0 Å². The molecule has 2 aliphatic rings. The lowest BCUT2D eigenvalue weighted by atomic mass is 10.1. The molecule has 1 saturated heterocycles. The van der Waals surface area contributed by atoms with Crippen molar-refractivity contribution < 1.29 is 30.0 Å². The number of rotatable bonds is 4. The molecule has 2 aromatic rings. The summed E-state index contributed by atoms with van der Waals surface area (Å²) >= 11 is 1.12. The van der Waals surface area contributed by atoms with Crippen molar-refractivity contribution in [2.75, 3.05) is 37.6 Å². The van der Waals surface area contributed by atoms with Crippen LogP contribution in [-0.2, 0) is 26.2 Å². The Morgan fingerprint density at radius 1 is 1.06 bits per heavy atom. The van der Waals surface area contributed by atoms with Crippen molar-refractivity contribution in [1.29, 1.82) is 0 Å². The van der Waals surface area contributed by atoms with Gasteiger partial charge >= 0.3 is 6.18 Å². The second kappa shape index (κ2) is 9.06. The third-order valence-electron chi connectivity index (χ3n) is 5.33. The van der Waals surface area contributed by atoms with Crippen LogP contribution in [0, 0.1) is 0 Å². The molecule has 0 aromatic heterocycles. The largest absolute Gasteiger partial charge is 0.416 e. The van der Waals surface area contributed by atoms with Crippen LogP contribution in [0.3, 0.4) is 0 Å². The number of thioether (sulfide) groups is 1. The maximum absolute atomic E-state index is 13.0. The Morgan fingerprint density at radius 2 is 1.74 bits per heavy atom. The number of hydrogen-bond donors (Lipinski definition) is 1. The highest BCUT2D eigenvalue weighted by Gasteiger charge is 2.33. The van der Waals surface area contributed by atoms with E-state index in [0.29, 0.717) is 36.8 Å². The van der Waals surface area contributed by atoms with Gasteiger partial charge in [0.05, 0.1) is 10.5 Å². The van der Waals surface area contributed by atoms with Crippen LogP contribution in [0.1, 0.15) is 12.5 Å². The van der Waals surface area contributed by atoms with Gasteiger partial charge in [-0.15, -0.1) is 4.40 Å². The van der Waals surface area contributed by atoms with Gasteiger partial charge in [-0.2, -0.15) is 21.6 Å². The molecule has 0 aliphatic carbocycles. The van der Waals surface area contributed by atoms with E-state index in [4.69, 9.17) is 0 Å². The van der Waals surface area contributed by atoms with E-state index in [1.165, 1.54) is 18.2 Å². The Morgan fingerprint density at radius 3 is 2.38 bits per heavy atom. The predicted octanol–water partition coefficient (Wildman–Crippen LogP) is 2.98. The summed E-state index contributed by atoms with van der Waals surface area (Å²) in [4.78, 5) is 3.59. The third-order valence-corrected chi connectivity index (χ3v) is 9.53. The zero-order valence-electron chi connectivity index (χ0n) is 17.9. The van der Waals surface area contributed by atoms with E-state index in [1.54, 1.807) is 22.8 Å². The lowest BCUT2D eigenvalue weighted by molar-refractivity contribution is -0.137. The SMILES string of the molecule is CCNS(=O)(=O)c1ccc2c(c1)S(=O)(=O)N=C(N1CCN(c3cccc(C(F)(F)F)c3)CC1)S2. The lowest BCUT2D eigenvalue weighted by Crippen LogP contribution is -2.48. The van der Waals surface area contributed by atoms with Gasteiger partial charge in [0.25, 0.3) is 10.0 Å². The second-order valence-corrected chi connectivity index (χ2v) is 11.9. The number of sulfonamides is 2. The minimum atomic E-state index is -4.43. The van der Waals surface area contributed by atoms with Gasteiger partial charge in [-0.1, -0.05) is 13.0 Å². The first-order valence-corrected chi connectivity index (χ1v) is 14.0. The molecular weight excluding hydrogens is 513 g/mol. The molecule has 0 bridgehead atoms. The topological polar surface area (TPSA) is 99.1 Å². The maximum Gasteiger partial charge on any atom is 0.416 e. The summed E-state index contributed by atoms with van der Waals surface area (Å²) in [6.07, 6.45) is -4.43. The van der Waals surface area contributed by atoms with Crippen LogP contribution in [-0.4, -0.2) is 59.6 Å². The highest BCUT2D eigenvalue weighted by Crippen LogP contribution is 2.37. The summed E-state index contributed by atoms with van der Waals surface area (Å²) in [5, 5.41) is 0.249. The smallest absolute Gasteiger partial charge is 0.368 e. The fraction of sp³-hybridized carbons (Fsp3) is 0.350. The van der Waals surface area contributed by atoms with Gasteiger partial charge in [0.1, 0.15) is 4.90 Å². The number of amidine groups is 1. The van der Waals surface area contributed by atoms with Gasteiger partial charge in [-0.05, 0) is 48.2 Å². The van der Waals surface area contributed by atoms with Crippen LogP contribution >= 0.6 is 11.8 Å². The predicted molar refractivity (Wildman–Crippen MR) is 123 cm³/mol. The van der Waals surface area contributed by atoms with Crippen molar-refractivity contribution in [3.8, 4) is 0 Å². The number of halogens is 3. The highest BCUT2D eigenvalue weighted by molar-refractivity contribution is 8.15. The number of hydrogen-bond acceptors (Lipinski definition) is 7. The number of piperazine rings is 1. The number of alkyl halides is 3. The monoisotopic (exact) mass is 534 g/mol. The normalized spacial score (nSPS) is 18.4. The molecule has 184 valence electrons. The molecule has 0 saturated carbocycles. The zero-order chi connectivity index (χ0) is 24.7. The molecule has 0 unspecified atom stereocenters. The third kappa shape index (κ3) is 5.04. The number of anilines is 1. The molecular formula is C20H21F3N4O4S3. The summed E-state index contributed by atoms with van der Waals surface area (Å²) in [6.45, 7) is 3.27. The molecule has 4 rings (SSSR count). The summed E-state index contributed by atoms with van der Waals surface area (Å²) in [5.41, 5.74) is -0.280. The molecule has 0 amide bonds. The number of benzene rings is 2. The molecule has 2 aromatic carbocycles. The van der Waals surface area contributed by atoms with Crippen molar-refractivity contribution in [3.05, 3.63) is 48.0 Å². The summed E-state index contributed by atoms with van der Waals surface area (Å²) in [6, 6.07) is 8.97. The Balaban J connectivity index is 1.51. The van der Waals surface area contributed by atoms with Gasteiger partial charge in [-0.25, -0.2) is 13.1 Å². The second-order valence-electron chi connectivity index (χ2n) is 7.58. The fourth-order valence-corrected chi connectivity index (χ4v) is 7.49. The van der Waals surface area contributed by atoms with E-state index in [9.17, 15) is 30.0 Å². The Hall–Kier alpha value is -2.29. The molecule has 2 heterocycles. The van der Waals surface area contributed by atoms with E-state index < -0.39 is 31.8 Å². The van der Waals surface area contributed by atoms with Crippen LogP contribution in [0.4, 0.5) is 18.9 Å². The van der Waals surface area contributed by atoms with Gasteiger partial charge in [-0.3, -0.25) is 0 Å². The molecule has 2 aliphatic heterocycles. The number of nitrogens with one attached hydrogen (secondary N) is 1. The first kappa shape index (κ1) is 24.8. The maximum atomic E-state index is 13.0. The average Bonchev–Trinajstić information content (AvgIpc) is 2.78. The summed E-state index contributed by atoms with van der Waals surface area (Å²) in [5.74, 6) is 0. The molecule has 0 atom stereocenters. The van der Waals surface area contributed by atoms with Crippen molar-refractivity contribution in [3.63, 3.8) is 0 Å². The minimum absolute atomic E-state index is 0.161. The molecule has 0 radical (unpaired) electrons. The molecule has 1 fully saturated rings. The van der Waals surface area contributed by atoms with Gasteiger partial charge in [0.15, 0.2) is 5.17 Å². The molecule has 8 nitrogen and oxygen atoms in total. The van der Waals surface area contributed by atoms with Crippen molar-refractivity contribution in [1.82, 2.24) is 9.62 Å². The van der Waals surface area contributed by atoms with Crippen LogP contribution < -0.4 is 9.62 Å². The summed E-state index contributed by atoms with van der Waals surface area (Å²) in [7, 11) is -7.96. The van der Waals surface area contributed by atoms with Gasteiger partial charge in [0, 0.05) is 43.3 Å². The first-order chi connectivity index (χ1) is 15.9. The van der Waals surface area contributed by atoms with Crippen LogP contribution in [0.15, 0.2) is 61.5 Å².